The molecule has 0 radical (unpaired) electrons. The molecular formula is C14H20O3. The molecule has 17 heavy (non-hydrogen) atoms. The number of aliphatic hydroxyl groups is 1. The highest BCUT2D eigenvalue weighted by atomic mass is 16.5. The second kappa shape index (κ2) is 5.17. The third kappa shape index (κ3) is 2.51. The van der Waals surface area contributed by atoms with Crippen molar-refractivity contribution in [3.05, 3.63) is 35.4 Å². The molecule has 1 aromatic rings. The van der Waals surface area contributed by atoms with Crippen LogP contribution in [-0.2, 0) is 9.47 Å². The number of rotatable bonds is 3. The summed E-state index contributed by atoms with van der Waals surface area (Å²) in [5.41, 5.74) is 1.58. The minimum absolute atomic E-state index is 0.494. The van der Waals surface area contributed by atoms with Gasteiger partial charge in [-0.3, -0.25) is 0 Å². The standard InChI is InChI=1S/C14H20O3/c1-11-4-3-5-12(10-11)13(15)14(16-2)6-8-17-9-7-14/h3-5,10,13,15H,6-9H2,1-2H3. The summed E-state index contributed by atoms with van der Waals surface area (Å²) in [6, 6.07) is 7.96. The number of methoxy groups -OCH3 is 1. The molecule has 0 aliphatic carbocycles. The lowest BCUT2D eigenvalue weighted by Crippen LogP contribution is -2.43. The molecule has 1 unspecified atom stereocenters. The summed E-state index contributed by atoms with van der Waals surface area (Å²) in [7, 11) is 1.67. The highest BCUT2D eigenvalue weighted by Crippen LogP contribution is 2.37. The van der Waals surface area contributed by atoms with Crippen LogP contribution in [0.3, 0.4) is 0 Å². The zero-order valence-corrected chi connectivity index (χ0v) is 10.5. The van der Waals surface area contributed by atoms with Crippen molar-refractivity contribution in [1.82, 2.24) is 0 Å². The molecule has 1 heterocycles. The molecule has 0 saturated carbocycles. The highest BCUT2D eigenvalue weighted by molar-refractivity contribution is 5.26. The van der Waals surface area contributed by atoms with Crippen LogP contribution >= 0.6 is 0 Å². The Morgan fingerprint density at radius 1 is 1.35 bits per heavy atom. The molecule has 0 bridgehead atoms. The second-order valence-corrected chi connectivity index (χ2v) is 4.70. The normalized spacial score (nSPS) is 21.1. The summed E-state index contributed by atoms with van der Waals surface area (Å²) in [6.45, 7) is 3.33. The minimum Gasteiger partial charge on any atom is -0.385 e. The van der Waals surface area contributed by atoms with E-state index in [0.29, 0.717) is 13.2 Å². The molecule has 3 heteroatoms. The zero-order valence-electron chi connectivity index (χ0n) is 10.5. The van der Waals surface area contributed by atoms with Gasteiger partial charge in [0.1, 0.15) is 11.7 Å². The summed E-state index contributed by atoms with van der Waals surface area (Å²) in [5.74, 6) is 0. The SMILES string of the molecule is COC1(C(O)c2cccc(C)c2)CCOCC1. The van der Waals surface area contributed by atoms with Crippen LogP contribution in [0, 0.1) is 6.92 Å². The Morgan fingerprint density at radius 2 is 2.06 bits per heavy atom. The molecule has 94 valence electrons. The van der Waals surface area contributed by atoms with Crippen LogP contribution in [0.1, 0.15) is 30.1 Å². The van der Waals surface area contributed by atoms with Crippen LogP contribution in [0.2, 0.25) is 0 Å². The van der Waals surface area contributed by atoms with Gasteiger partial charge in [-0.15, -0.1) is 0 Å². The molecule has 1 aliphatic rings. The van der Waals surface area contributed by atoms with E-state index >= 15 is 0 Å². The molecule has 1 atom stereocenters. The predicted molar refractivity (Wildman–Crippen MR) is 65.9 cm³/mol. The Labute approximate surface area is 102 Å². The van der Waals surface area contributed by atoms with E-state index in [0.717, 1.165) is 24.0 Å². The first-order valence-corrected chi connectivity index (χ1v) is 6.05. The van der Waals surface area contributed by atoms with Crippen LogP contribution in [0.25, 0.3) is 0 Å². The first kappa shape index (κ1) is 12.6. The van der Waals surface area contributed by atoms with E-state index in [9.17, 15) is 5.11 Å². The van der Waals surface area contributed by atoms with Crippen molar-refractivity contribution >= 4 is 0 Å². The quantitative estimate of drug-likeness (QED) is 0.874. The van der Waals surface area contributed by atoms with Gasteiger partial charge >= 0.3 is 0 Å². The van der Waals surface area contributed by atoms with Gasteiger partial charge in [0, 0.05) is 33.2 Å². The van der Waals surface area contributed by atoms with Crippen molar-refractivity contribution in [2.45, 2.75) is 31.5 Å². The predicted octanol–water partition coefficient (Wildman–Crippen LogP) is 2.22. The lowest BCUT2D eigenvalue weighted by Gasteiger charge is -2.39. The molecule has 1 aliphatic heterocycles. The van der Waals surface area contributed by atoms with Crippen molar-refractivity contribution in [1.29, 1.82) is 0 Å². The van der Waals surface area contributed by atoms with Crippen LogP contribution in [-0.4, -0.2) is 31.0 Å². The van der Waals surface area contributed by atoms with Gasteiger partial charge in [0.25, 0.3) is 0 Å². The zero-order chi connectivity index (χ0) is 12.3. The number of benzene rings is 1. The van der Waals surface area contributed by atoms with Gasteiger partial charge in [-0.05, 0) is 12.5 Å². The maximum Gasteiger partial charge on any atom is 0.108 e. The second-order valence-electron chi connectivity index (χ2n) is 4.70. The van der Waals surface area contributed by atoms with Gasteiger partial charge in [-0.1, -0.05) is 29.8 Å². The summed E-state index contributed by atoms with van der Waals surface area (Å²) in [5, 5.41) is 10.5. The Bertz CT molecular complexity index is 369. The average Bonchev–Trinajstić information content (AvgIpc) is 2.38. The lowest BCUT2D eigenvalue weighted by molar-refractivity contribution is -0.154. The van der Waals surface area contributed by atoms with E-state index in [4.69, 9.17) is 9.47 Å². The number of ether oxygens (including phenoxy) is 2. The summed E-state index contributed by atoms with van der Waals surface area (Å²) in [4.78, 5) is 0. The van der Waals surface area contributed by atoms with Gasteiger partial charge < -0.3 is 14.6 Å². The van der Waals surface area contributed by atoms with Crippen molar-refractivity contribution in [3.8, 4) is 0 Å². The average molecular weight is 236 g/mol. The van der Waals surface area contributed by atoms with Crippen molar-refractivity contribution in [2.75, 3.05) is 20.3 Å². The van der Waals surface area contributed by atoms with Gasteiger partial charge in [0.05, 0.1) is 0 Å². The Balaban J connectivity index is 2.24. The van der Waals surface area contributed by atoms with E-state index in [1.54, 1.807) is 7.11 Å². The van der Waals surface area contributed by atoms with E-state index in [-0.39, 0.29) is 0 Å². The molecular weight excluding hydrogens is 216 g/mol. The summed E-state index contributed by atoms with van der Waals surface area (Å²) in [6.07, 6.45) is 0.883. The molecule has 1 N–H and O–H groups in total. The van der Waals surface area contributed by atoms with E-state index in [1.165, 1.54) is 0 Å². The van der Waals surface area contributed by atoms with Crippen LogP contribution in [0.4, 0.5) is 0 Å². The third-order valence-corrected chi connectivity index (χ3v) is 3.60. The highest BCUT2D eigenvalue weighted by Gasteiger charge is 2.40. The fourth-order valence-electron chi connectivity index (χ4n) is 2.45. The van der Waals surface area contributed by atoms with Crippen LogP contribution in [0.5, 0.6) is 0 Å². The van der Waals surface area contributed by atoms with Crippen molar-refractivity contribution in [3.63, 3.8) is 0 Å². The van der Waals surface area contributed by atoms with Gasteiger partial charge in [0.15, 0.2) is 0 Å². The Kier molecular flexibility index (Phi) is 3.82. The Hall–Kier alpha value is -0.900. The molecule has 3 nitrogen and oxygen atoms in total. The first-order valence-electron chi connectivity index (χ1n) is 6.05. The molecule has 1 fully saturated rings. The molecule has 1 saturated heterocycles. The van der Waals surface area contributed by atoms with Gasteiger partial charge in [-0.25, -0.2) is 0 Å². The van der Waals surface area contributed by atoms with E-state index < -0.39 is 11.7 Å². The number of hydrogen-bond acceptors (Lipinski definition) is 3. The monoisotopic (exact) mass is 236 g/mol. The Morgan fingerprint density at radius 3 is 2.65 bits per heavy atom. The summed E-state index contributed by atoms with van der Waals surface area (Å²) < 4.78 is 11.0. The number of aliphatic hydroxyl groups excluding tert-OH is 1. The minimum atomic E-state index is -0.587. The largest absolute Gasteiger partial charge is 0.385 e. The fourth-order valence-corrected chi connectivity index (χ4v) is 2.45. The van der Waals surface area contributed by atoms with Gasteiger partial charge in [0.2, 0.25) is 0 Å². The van der Waals surface area contributed by atoms with Crippen LogP contribution in [0.15, 0.2) is 24.3 Å². The number of aryl methyl sites for hydroxylation is 1. The fraction of sp³-hybridized carbons (Fsp3) is 0.571. The number of hydrogen-bond donors (Lipinski definition) is 1. The smallest absolute Gasteiger partial charge is 0.108 e. The molecule has 0 amide bonds. The molecule has 2 rings (SSSR count). The third-order valence-electron chi connectivity index (χ3n) is 3.60. The van der Waals surface area contributed by atoms with E-state index in [1.807, 2.05) is 31.2 Å². The first-order chi connectivity index (χ1) is 8.18. The molecule has 0 spiro atoms. The van der Waals surface area contributed by atoms with Crippen LogP contribution < -0.4 is 0 Å². The molecule has 1 aromatic carbocycles. The maximum atomic E-state index is 10.5. The van der Waals surface area contributed by atoms with Crippen molar-refractivity contribution in [2.24, 2.45) is 0 Å². The van der Waals surface area contributed by atoms with Crippen molar-refractivity contribution < 1.29 is 14.6 Å². The lowest BCUT2D eigenvalue weighted by atomic mass is 9.84. The van der Waals surface area contributed by atoms with Gasteiger partial charge in [-0.2, -0.15) is 0 Å². The topological polar surface area (TPSA) is 38.7 Å². The molecule has 0 aromatic heterocycles. The maximum absolute atomic E-state index is 10.5. The summed E-state index contributed by atoms with van der Waals surface area (Å²) >= 11 is 0. The van der Waals surface area contributed by atoms with E-state index in [2.05, 4.69) is 0 Å².